The summed E-state index contributed by atoms with van der Waals surface area (Å²) in [4.78, 5) is 13.8. The average Bonchev–Trinajstić information content (AvgIpc) is 3.17. The number of rotatable bonds is 9. The molecule has 0 aromatic heterocycles. The third kappa shape index (κ3) is 4.67. The predicted molar refractivity (Wildman–Crippen MR) is 62.4 cm³/mol. The fraction of sp³-hybridized carbons (Fsp3) is 0.900. The quantitative estimate of drug-likeness (QED) is 0.263. The van der Waals surface area contributed by atoms with E-state index in [0.29, 0.717) is 12.6 Å². The second-order valence-electron chi connectivity index (χ2n) is 3.99. The van der Waals surface area contributed by atoms with Gasteiger partial charge in [0.2, 0.25) is 6.08 Å². The third-order valence-electron chi connectivity index (χ3n) is 2.88. The lowest BCUT2D eigenvalue weighted by molar-refractivity contribution is 0.117. The van der Waals surface area contributed by atoms with Crippen molar-refractivity contribution < 1.29 is 22.8 Å². The number of isocyanates is 1. The van der Waals surface area contributed by atoms with Crippen molar-refractivity contribution in [2.45, 2.75) is 18.6 Å². The van der Waals surface area contributed by atoms with E-state index in [-0.39, 0.29) is 12.0 Å². The molecule has 1 saturated heterocycles. The molecule has 6 nitrogen and oxygen atoms in total. The van der Waals surface area contributed by atoms with Crippen LogP contribution in [0.2, 0.25) is 6.04 Å². The van der Waals surface area contributed by atoms with Gasteiger partial charge in [-0.1, -0.05) is 0 Å². The lowest BCUT2D eigenvalue weighted by Crippen LogP contribution is -2.45. The molecule has 0 N–H and O–H groups in total. The van der Waals surface area contributed by atoms with Crippen molar-refractivity contribution in [3.63, 3.8) is 0 Å². The third-order valence-corrected chi connectivity index (χ3v) is 5.83. The van der Waals surface area contributed by atoms with E-state index >= 15 is 0 Å². The number of aliphatic imine (C=N–C) groups is 1. The smallest absolute Gasteiger partial charge is 0.377 e. The molecule has 0 aliphatic carbocycles. The monoisotopic (exact) mass is 261 g/mol. The van der Waals surface area contributed by atoms with Crippen LogP contribution in [0, 0.1) is 5.92 Å². The Morgan fingerprint density at radius 3 is 2.41 bits per heavy atom. The van der Waals surface area contributed by atoms with E-state index in [2.05, 4.69) is 4.99 Å². The molecule has 2 unspecified atom stereocenters. The SMILES string of the molecule is CO[Si](CC(CN=C=O)CC1CO1)(OC)OC. The highest BCUT2D eigenvalue weighted by Crippen LogP contribution is 2.27. The second-order valence-corrected chi connectivity index (χ2v) is 6.99. The number of hydrogen-bond acceptors (Lipinski definition) is 6. The Balaban J connectivity index is 2.57. The van der Waals surface area contributed by atoms with Gasteiger partial charge in [-0.25, -0.2) is 9.79 Å². The summed E-state index contributed by atoms with van der Waals surface area (Å²) in [5, 5.41) is 0. The van der Waals surface area contributed by atoms with Crippen molar-refractivity contribution in [2.24, 2.45) is 10.9 Å². The normalized spacial score (nSPS) is 20.8. The van der Waals surface area contributed by atoms with Gasteiger partial charge >= 0.3 is 8.80 Å². The van der Waals surface area contributed by atoms with Crippen LogP contribution in [0.25, 0.3) is 0 Å². The molecular weight excluding hydrogens is 242 g/mol. The van der Waals surface area contributed by atoms with Crippen LogP contribution >= 0.6 is 0 Å². The molecule has 0 aromatic carbocycles. The molecule has 98 valence electrons. The number of epoxide rings is 1. The molecule has 0 bridgehead atoms. The summed E-state index contributed by atoms with van der Waals surface area (Å²) in [7, 11) is 2.11. The molecule has 2 atom stereocenters. The summed E-state index contributed by atoms with van der Waals surface area (Å²) in [5.41, 5.74) is 0. The summed E-state index contributed by atoms with van der Waals surface area (Å²) in [6.07, 6.45) is 2.68. The van der Waals surface area contributed by atoms with Crippen molar-refractivity contribution in [1.29, 1.82) is 0 Å². The van der Waals surface area contributed by atoms with Crippen LogP contribution in [0.3, 0.4) is 0 Å². The fourth-order valence-electron chi connectivity index (χ4n) is 1.82. The van der Waals surface area contributed by atoms with Crippen molar-refractivity contribution in [2.75, 3.05) is 34.5 Å². The van der Waals surface area contributed by atoms with E-state index in [0.717, 1.165) is 13.0 Å². The van der Waals surface area contributed by atoms with Crippen LogP contribution in [-0.2, 0) is 22.8 Å². The molecule has 0 saturated carbocycles. The molecule has 0 aromatic rings. The van der Waals surface area contributed by atoms with Crippen molar-refractivity contribution >= 4 is 14.9 Å². The molecule has 0 radical (unpaired) electrons. The molecule has 0 amide bonds. The van der Waals surface area contributed by atoms with E-state index in [1.54, 1.807) is 27.4 Å². The van der Waals surface area contributed by atoms with E-state index in [4.69, 9.17) is 18.0 Å². The Morgan fingerprint density at radius 2 is 2.00 bits per heavy atom. The Labute approximate surface area is 102 Å². The zero-order valence-electron chi connectivity index (χ0n) is 10.5. The van der Waals surface area contributed by atoms with Gasteiger partial charge in [-0.05, 0) is 12.3 Å². The van der Waals surface area contributed by atoms with E-state index in [1.807, 2.05) is 0 Å². The Kier molecular flexibility index (Phi) is 5.97. The number of ether oxygens (including phenoxy) is 1. The van der Waals surface area contributed by atoms with Crippen molar-refractivity contribution in [1.82, 2.24) is 0 Å². The first-order valence-electron chi connectivity index (χ1n) is 5.50. The largest absolute Gasteiger partial charge is 0.500 e. The van der Waals surface area contributed by atoms with Gasteiger partial charge in [-0.15, -0.1) is 0 Å². The van der Waals surface area contributed by atoms with Crippen LogP contribution in [0.4, 0.5) is 0 Å². The summed E-state index contributed by atoms with van der Waals surface area (Å²) >= 11 is 0. The molecular formula is C10H19NO5Si. The molecule has 1 aliphatic rings. The molecule has 1 heterocycles. The zero-order chi connectivity index (χ0) is 12.7. The maximum absolute atomic E-state index is 10.2. The lowest BCUT2D eigenvalue weighted by Gasteiger charge is -2.27. The summed E-state index contributed by atoms with van der Waals surface area (Å²) < 4.78 is 21.3. The number of hydrogen-bond donors (Lipinski definition) is 0. The Hall–Kier alpha value is -0.563. The minimum Gasteiger partial charge on any atom is -0.377 e. The molecule has 1 aliphatic heterocycles. The minimum atomic E-state index is -2.61. The summed E-state index contributed by atoms with van der Waals surface area (Å²) in [5.74, 6) is 0.162. The Morgan fingerprint density at radius 1 is 1.41 bits per heavy atom. The average molecular weight is 261 g/mol. The van der Waals surface area contributed by atoms with Crippen LogP contribution in [0.5, 0.6) is 0 Å². The molecule has 1 fully saturated rings. The van der Waals surface area contributed by atoms with Gasteiger partial charge in [0.1, 0.15) is 0 Å². The minimum absolute atomic E-state index is 0.162. The first-order chi connectivity index (χ1) is 8.19. The summed E-state index contributed by atoms with van der Waals surface area (Å²) in [6, 6.07) is 0.627. The number of nitrogens with zero attached hydrogens (tertiary/aromatic N) is 1. The predicted octanol–water partition coefficient (Wildman–Crippen LogP) is 0.605. The van der Waals surface area contributed by atoms with E-state index in [9.17, 15) is 4.79 Å². The lowest BCUT2D eigenvalue weighted by atomic mass is 10.1. The molecule has 1 rings (SSSR count). The van der Waals surface area contributed by atoms with Crippen LogP contribution < -0.4 is 0 Å². The second kappa shape index (κ2) is 7.00. The molecule has 7 heteroatoms. The van der Waals surface area contributed by atoms with Crippen LogP contribution in [0.15, 0.2) is 4.99 Å². The molecule has 0 spiro atoms. The maximum Gasteiger partial charge on any atom is 0.500 e. The first-order valence-corrected chi connectivity index (χ1v) is 7.43. The molecule has 17 heavy (non-hydrogen) atoms. The standard InChI is InChI=1S/C10H19NO5Si/c1-13-17(14-2,15-3)7-9(5-11-8-12)4-10-6-16-10/h9-10H,4-7H2,1-3H3. The zero-order valence-corrected chi connectivity index (χ0v) is 11.5. The van der Waals surface area contributed by atoms with Gasteiger partial charge in [0.15, 0.2) is 0 Å². The van der Waals surface area contributed by atoms with Gasteiger partial charge in [-0.3, -0.25) is 0 Å². The van der Waals surface area contributed by atoms with Crippen LogP contribution in [-0.4, -0.2) is 55.5 Å². The fourth-order valence-corrected chi connectivity index (χ4v) is 3.82. The number of carbonyl (C=O) groups excluding carboxylic acids is 1. The maximum atomic E-state index is 10.2. The summed E-state index contributed by atoms with van der Waals surface area (Å²) in [6.45, 7) is 1.19. The van der Waals surface area contributed by atoms with Crippen molar-refractivity contribution in [3.05, 3.63) is 0 Å². The van der Waals surface area contributed by atoms with Crippen molar-refractivity contribution in [3.8, 4) is 0 Å². The van der Waals surface area contributed by atoms with Gasteiger partial charge in [0, 0.05) is 27.4 Å². The highest BCUT2D eigenvalue weighted by molar-refractivity contribution is 6.60. The highest BCUT2D eigenvalue weighted by Gasteiger charge is 2.42. The van der Waals surface area contributed by atoms with Gasteiger partial charge in [0.25, 0.3) is 0 Å². The first kappa shape index (κ1) is 14.5. The Bertz CT molecular complexity index is 266. The van der Waals surface area contributed by atoms with Gasteiger partial charge in [-0.2, -0.15) is 0 Å². The van der Waals surface area contributed by atoms with Gasteiger partial charge < -0.3 is 18.0 Å². The van der Waals surface area contributed by atoms with E-state index in [1.165, 1.54) is 0 Å². The highest BCUT2D eigenvalue weighted by atomic mass is 28.4. The van der Waals surface area contributed by atoms with Crippen LogP contribution in [0.1, 0.15) is 6.42 Å². The van der Waals surface area contributed by atoms with E-state index < -0.39 is 8.80 Å². The topological polar surface area (TPSA) is 69.7 Å². The van der Waals surface area contributed by atoms with Gasteiger partial charge in [0.05, 0.1) is 19.3 Å².